The van der Waals surface area contributed by atoms with Gasteiger partial charge in [0.25, 0.3) is 5.69 Å². The maximum Gasteiger partial charge on any atom is 0.336 e. The number of dihydropyridines is 1. The third-order valence-electron chi connectivity index (χ3n) is 5.66. The first-order valence-electron chi connectivity index (χ1n) is 11.1. The lowest BCUT2D eigenvalue weighted by Gasteiger charge is -2.31. The lowest BCUT2D eigenvalue weighted by atomic mass is 9.79. The molecule has 0 bridgehead atoms. The van der Waals surface area contributed by atoms with E-state index in [1.54, 1.807) is 44.2 Å². The van der Waals surface area contributed by atoms with E-state index in [4.69, 9.17) is 9.47 Å². The fraction of sp³-hybridized carbons (Fsp3) is 0.269. The molecule has 0 amide bonds. The van der Waals surface area contributed by atoms with Crippen molar-refractivity contribution in [3.63, 3.8) is 0 Å². The van der Waals surface area contributed by atoms with E-state index in [1.807, 2.05) is 6.07 Å². The van der Waals surface area contributed by atoms with Gasteiger partial charge in [-0.05, 0) is 25.8 Å². The van der Waals surface area contributed by atoms with Crippen LogP contribution in [0.15, 0.2) is 77.1 Å². The molecule has 1 atom stereocenters. The number of hydrogen-bond acceptors (Lipinski definition) is 8. The molecule has 1 heterocycles. The van der Waals surface area contributed by atoms with Gasteiger partial charge in [0.15, 0.2) is 5.78 Å². The zero-order valence-corrected chi connectivity index (χ0v) is 19.7. The van der Waals surface area contributed by atoms with Gasteiger partial charge in [-0.1, -0.05) is 42.5 Å². The number of nitrogens with one attached hydrogen (secondary N) is 1. The molecular formula is C26H26N2O7. The Balaban J connectivity index is 2.13. The molecule has 9 nitrogen and oxygen atoms in total. The molecule has 0 saturated heterocycles. The third-order valence-corrected chi connectivity index (χ3v) is 5.66. The number of methoxy groups -OCH3 is 1. The van der Waals surface area contributed by atoms with Crippen LogP contribution in [0.3, 0.4) is 0 Å². The average molecular weight is 479 g/mol. The summed E-state index contributed by atoms with van der Waals surface area (Å²) < 4.78 is 10.3. The first-order chi connectivity index (χ1) is 16.8. The summed E-state index contributed by atoms with van der Waals surface area (Å²) in [4.78, 5) is 49.6. The van der Waals surface area contributed by atoms with Crippen molar-refractivity contribution in [1.29, 1.82) is 0 Å². The van der Waals surface area contributed by atoms with Crippen LogP contribution in [0, 0.1) is 10.1 Å². The van der Waals surface area contributed by atoms with Crippen LogP contribution in [0.2, 0.25) is 0 Å². The molecule has 0 spiro atoms. The van der Waals surface area contributed by atoms with Crippen molar-refractivity contribution in [2.45, 2.75) is 32.6 Å². The van der Waals surface area contributed by atoms with Gasteiger partial charge in [-0.3, -0.25) is 14.9 Å². The Morgan fingerprint density at radius 2 is 1.74 bits per heavy atom. The normalized spacial score (nSPS) is 15.3. The molecule has 0 aliphatic carbocycles. The van der Waals surface area contributed by atoms with E-state index in [2.05, 4.69) is 5.32 Å². The lowest BCUT2D eigenvalue weighted by molar-refractivity contribution is -0.384. The zero-order chi connectivity index (χ0) is 25.5. The van der Waals surface area contributed by atoms with Crippen LogP contribution in [0.1, 0.15) is 48.5 Å². The Morgan fingerprint density at radius 3 is 2.37 bits per heavy atom. The van der Waals surface area contributed by atoms with E-state index in [1.165, 1.54) is 25.3 Å². The molecule has 0 saturated carbocycles. The Bertz CT molecular complexity index is 1220. The molecule has 1 aliphatic heterocycles. The minimum atomic E-state index is -0.982. The average Bonchev–Trinajstić information content (AvgIpc) is 2.86. The molecule has 0 radical (unpaired) electrons. The molecule has 1 aliphatic rings. The highest BCUT2D eigenvalue weighted by Crippen LogP contribution is 2.41. The number of carbonyl (C=O) groups is 3. The molecule has 2 aromatic carbocycles. The SMILES string of the molecule is CCOC(=O)C1=C(CCC(=O)c2ccccc2)NC(C)=C(C(=O)OC)C1c1cccc([N+](=O)[O-])c1. The van der Waals surface area contributed by atoms with Gasteiger partial charge in [0, 0.05) is 35.5 Å². The number of ether oxygens (including phenoxy) is 2. The van der Waals surface area contributed by atoms with Crippen molar-refractivity contribution in [3.05, 3.63) is 98.4 Å². The number of hydrogen-bond donors (Lipinski definition) is 1. The van der Waals surface area contributed by atoms with Gasteiger partial charge in [-0.15, -0.1) is 0 Å². The molecule has 9 heteroatoms. The molecule has 182 valence electrons. The van der Waals surface area contributed by atoms with E-state index in [0.29, 0.717) is 22.5 Å². The van der Waals surface area contributed by atoms with E-state index >= 15 is 0 Å². The summed E-state index contributed by atoms with van der Waals surface area (Å²) in [5.74, 6) is -2.47. The van der Waals surface area contributed by atoms with Crippen LogP contribution in [0.4, 0.5) is 5.69 Å². The number of nitrogens with zero attached hydrogens (tertiary/aromatic N) is 1. The number of nitro groups is 1. The Hall–Kier alpha value is -4.27. The summed E-state index contributed by atoms with van der Waals surface area (Å²) in [6, 6.07) is 14.5. The largest absolute Gasteiger partial charge is 0.466 e. The predicted octanol–water partition coefficient (Wildman–Crippen LogP) is 4.21. The van der Waals surface area contributed by atoms with Gasteiger partial charge in [0.05, 0.1) is 35.7 Å². The molecule has 0 aromatic heterocycles. The molecule has 0 fully saturated rings. The summed E-state index contributed by atoms with van der Waals surface area (Å²) in [6.07, 6.45) is 0.261. The van der Waals surface area contributed by atoms with Crippen molar-refractivity contribution in [3.8, 4) is 0 Å². The van der Waals surface area contributed by atoms with Crippen LogP contribution < -0.4 is 5.32 Å². The number of Topliss-reactive ketones (excluding diaryl/α,β-unsaturated/α-hetero) is 1. The number of nitro benzene ring substituents is 1. The summed E-state index contributed by atoms with van der Waals surface area (Å²) >= 11 is 0. The monoisotopic (exact) mass is 478 g/mol. The molecule has 1 unspecified atom stereocenters. The fourth-order valence-electron chi connectivity index (χ4n) is 4.08. The van der Waals surface area contributed by atoms with Crippen LogP contribution >= 0.6 is 0 Å². The molecule has 2 aromatic rings. The Labute approximate surface area is 202 Å². The van der Waals surface area contributed by atoms with Crippen LogP contribution in [-0.2, 0) is 19.1 Å². The summed E-state index contributed by atoms with van der Waals surface area (Å²) in [5, 5.41) is 14.5. The van der Waals surface area contributed by atoms with E-state index < -0.39 is 22.8 Å². The second kappa shape index (κ2) is 11.2. The quantitative estimate of drug-likeness (QED) is 0.246. The van der Waals surface area contributed by atoms with Crippen LogP contribution in [0.25, 0.3) is 0 Å². The Kier molecular flexibility index (Phi) is 8.14. The second-order valence-electron chi connectivity index (χ2n) is 7.84. The van der Waals surface area contributed by atoms with Gasteiger partial charge in [-0.2, -0.15) is 0 Å². The molecular weight excluding hydrogens is 452 g/mol. The highest BCUT2D eigenvalue weighted by molar-refractivity contribution is 6.00. The van der Waals surface area contributed by atoms with Gasteiger partial charge in [-0.25, -0.2) is 9.59 Å². The number of non-ortho nitro benzene ring substituents is 1. The highest BCUT2D eigenvalue weighted by atomic mass is 16.6. The first-order valence-corrected chi connectivity index (χ1v) is 11.1. The maximum atomic E-state index is 13.2. The zero-order valence-electron chi connectivity index (χ0n) is 19.7. The predicted molar refractivity (Wildman–Crippen MR) is 127 cm³/mol. The van der Waals surface area contributed by atoms with E-state index in [-0.39, 0.29) is 42.1 Å². The summed E-state index contributed by atoms with van der Waals surface area (Å²) in [5.41, 5.74) is 1.79. The van der Waals surface area contributed by atoms with Crippen molar-refractivity contribution in [2.75, 3.05) is 13.7 Å². The molecule has 35 heavy (non-hydrogen) atoms. The molecule has 3 rings (SSSR count). The number of ketones is 1. The maximum absolute atomic E-state index is 13.2. The van der Waals surface area contributed by atoms with Crippen molar-refractivity contribution < 1.29 is 28.8 Å². The minimum absolute atomic E-state index is 0.0798. The standard InChI is InChI=1S/C26H26N2O7/c1-4-35-26(31)24-20(13-14-21(29)17-9-6-5-7-10-17)27-16(2)22(25(30)34-3)23(24)18-11-8-12-19(15-18)28(32)33/h5-12,15,23,27H,4,13-14H2,1-3H3. The summed E-state index contributed by atoms with van der Waals surface area (Å²) in [6.45, 7) is 3.38. The highest BCUT2D eigenvalue weighted by Gasteiger charge is 2.39. The number of allylic oxidation sites excluding steroid dienone is 2. The van der Waals surface area contributed by atoms with Crippen LogP contribution in [0.5, 0.6) is 0 Å². The van der Waals surface area contributed by atoms with Crippen molar-refractivity contribution >= 4 is 23.4 Å². The summed E-state index contributed by atoms with van der Waals surface area (Å²) in [7, 11) is 1.22. The van der Waals surface area contributed by atoms with Crippen molar-refractivity contribution in [1.82, 2.24) is 5.32 Å². The van der Waals surface area contributed by atoms with Crippen LogP contribution in [-0.4, -0.2) is 36.4 Å². The topological polar surface area (TPSA) is 125 Å². The van der Waals surface area contributed by atoms with Gasteiger partial charge < -0.3 is 14.8 Å². The van der Waals surface area contributed by atoms with Gasteiger partial charge >= 0.3 is 11.9 Å². The first kappa shape index (κ1) is 25.4. The number of benzene rings is 2. The van der Waals surface area contributed by atoms with Gasteiger partial charge in [0.2, 0.25) is 0 Å². The van der Waals surface area contributed by atoms with Crippen molar-refractivity contribution in [2.24, 2.45) is 0 Å². The van der Waals surface area contributed by atoms with Gasteiger partial charge in [0.1, 0.15) is 0 Å². The smallest absolute Gasteiger partial charge is 0.336 e. The second-order valence-corrected chi connectivity index (χ2v) is 7.84. The van der Waals surface area contributed by atoms with E-state index in [9.17, 15) is 24.5 Å². The third kappa shape index (κ3) is 5.63. The van der Waals surface area contributed by atoms with E-state index in [0.717, 1.165) is 0 Å². The number of carbonyl (C=O) groups excluding carboxylic acids is 3. The molecule has 1 N–H and O–H groups in total. The lowest BCUT2D eigenvalue weighted by Crippen LogP contribution is -2.33. The fourth-order valence-corrected chi connectivity index (χ4v) is 4.08. The Morgan fingerprint density at radius 1 is 1.03 bits per heavy atom. The minimum Gasteiger partial charge on any atom is -0.466 e. The number of rotatable bonds is 9. The number of esters is 2.